The lowest BCUT2D eigenvalue weighted by Gasteiger charge is -2.18. The number of aryl methyl sites for hydroxylation is 3. The van der Waals surface area contributed by atoms with Crippen molar-refractivity contribution in [2.24, 2.45) is 5.73 Å². The molecule has 0 aliphatic rings. The molecular weight excluding hydrogens is 463 g/mol. The first-order valence-corrected chi connectivity index (χ1v) is 11.5. The molecule has 36 heavy (non-hydrogen) atoms. The molecule has 4 rings (SSSR count). The first-order valence-electron chi connectivity index (χ1n) is 11.5. The van der Waals surface area contributed by atoms with Crippen molar-refractivity contribution in [2.75, 3.05) is 32.2 Å². The Labute approximate surface area is 208 Å². The Balaban J connectivity index is 1.92. The van der Waals surface area contributed by atoms with E-state index in [0.717, 1.165) is 22.4 Å². The van der Waals surface area contributed by atoms with Gasteiger partial charge >= 0.3 is 0 Å². The van der Waals surface area contributed by atoms with Gasteiger partial charge in [0, 0.05) is 30.6 Å². The summed E-state index contributed by atoms with van der Waals surface area (Å²) in [6.07, 6.45) is 1.38. The monoisotopic (exact) mass is 492 g/mol. The number of hydrogen-bond acceptors (Lipinski definition) is 6. The summed E-state index contributed by atoms with van der Waals surface area (Å²) in [7, 11) is 1.59. The van der Waals surface area contributed by atoms with Gasteiger partial charge in [-0.1, -0.05) is 18.2 Å². The predicted octanol–water partition coefficient (Wildman–Crippen LogP) is 4.70. The van der Waals surface area contributed by atoms with E-state index in [1.807, 2.05) is 45.0 Å². The van der Waals surface area contributed by atoms with E-state index < -0.39 is 11.7 Å². The number of nitrogens with one attached hydrogen (secondary N) is 1. The molecule has 9 heteroatoms. The van der Waals surface area contributed by atoms with Gasteiger partial charge in [0.25, 0.3) is 5.91 Å². The normalized spacial score (nSPS) is 11.0. The van der Waals surface area contributed by atoms with Gasteiger partial charge in [-0.2, -0.15) is 0 Å². The fourth-order valence-electron chi connectivity index (χ4n) is 4.06. The summed E-state index contributed by atoms with van der Waals surface area (Å²) in [5, 5.41) is 3.47. The number of methoxy groups -OCH3 is 1. The molecule has 0 saturated heterocycles. The Bertz CT molecular complexity index is 1400. The van der Waals surface area contributed by atoms with Gasteiger partial charge in [-0.25, -0.2) is 9.37 Å². The van der Waals surface area contributed by atoms with Crippen LogP contribution in [0.2, 0.25) is 0 Å². The summed E-state index contributed by atoms with van der Waals surface area (Å²) >= 11 is 0. The lowest BCUT2D eigenvalue weighted by atomic mass is 10.0. The number of carbonyl (C=O) groups is 1. The van der Waals surface area contributed by atoms with Crippen LogP contribution in [0.15, 0.2) is 48.7 Å². The Morgan fingerprint density at radius 3 is 2.50 bits per heavy atom. The number of amides is 1. The third-order valence-corrected chi connectivity index (χ3v) is 5.74. The van der Waals surface area contributed by atoms with E-state index in [1.54, 1.807) is 23.6 Å². The summed E-state index contributed by atoms with van der Waals surface area (Å²) < 4.78 is 32.6. The smallest absolute Gasteiger partial charge is 0.255 e. The number of fused-ring (bicyclic) bond motifs is 1. The number of para-hydroxylation sites is 1. The topological polar surface area (TPSA) is 100 Å². The fourth-order valence-corrected chi connectivity index (χ4v) is 4.06. The minimum atomic E-state index is -0.615. The number of pyridine rings is 1. The fraction of sp³-hybridized carbons (Fsp3) is 0.259. The summed E-state index contributed by atoms with van der Waals surface area (Å²) in [5.74, 6) is 0.457. The number of nitrogens with two attached hydrogens (primary N) is 1. The highest BCUT2D eigenvalue weighted by atomic mass is 19.1. The molecule has 0 fully saturated rings. The molecule has 0 atom stereocenters. The van der Waals surface area contributed by atoms with Gasteiger partial charge in [-0.3, -0.25) is 9.20 Å². The third kappa shape index (κ3) is 5.26. The zero-order valence-corrected chi connectivity index (χ0v) is 20.7. The van der Waals surface area contributed by atoms with E-state index in [9.17, 15) is 9.18 Å². The quantitative estimate of drug-likeness (QED) is 0.311. The van der Waals surface area contributed by atoms with Crippen molar-refractivity contribution in [3.05, 3.63) is 71.2 Å². The van der Waals surface area contributed by atoms with E-state index >= 15 is 0 Å². The first-order chi connectivity index (χ1) is 17.3. The van der Waals surface area contributed by atoms with Crippen LogP contribution in [0.3, 0.4) is 0 Å². The SMILES string of the molecule is COCCOc1cc(C)c(-c2nc3ccc(F)cn3c2Nc2c(C)cccc2C)c(OCC(N)=O)c1. The zero-order chi connectivity index (χ0) is 25.8. The van der Waals surface area contributed by atoms with Gasteiger partial charge in [0.2, 0.25) is 0 Å². The summed E-state index contributed by atoms with van der Waals surface area (Å²) in [4.78, 5) is 16.3. The number of aromatic nitrogens is 2. The maximum Gasteiger partial charge on any atom is 0.255 e. The Morgan fingerprint density at radius 2 is 1.81 bits per heavy atom. The van der Waals surface area contributed by atoms with Crippen LogP contribution in [0.25, 0.3) is 16.9 Å². The highest BCUT2D eigenvalue weighted by Crippen LogP contribution is 2.42. The van der Waals surface area contributed by atoms with Gasteiger partial charge in [-0.15, -0.1) is 0 Å². The van der Waals surface area contributed by atoms with Crippen LogP contribution in [0.1, 0.15) is 16.7 Å². The molecule has 188 valence electrons. The zero-order valence-electron chi connectivity index (χ0n) is 20.7. The number of halogens is 1. The molecular formula is C27H29FN4O4. The van der Waals surface area contributed by atoms with E-state index in [1.165, 1.54) is 12.3 Å². The second-order valence-electron chi connectivity index (χ2n) is 8.49. The number of imidazole rings is 1. The van der Waals surface area contributed by atoms with Gasteiger partial charge in [0.05, 0.1) is 6.61 Å². The van der Waals surface area contributed by atoms with Crippen LogP contribution < -0.4 is 20.5 Å². The Morgan fingerprint density at radius 1 is 1.06 bits per heavy atom. The number of nitrogens with zero attached hydrogens (tertiary/aromatic N) is 2. The molecule has 2 aromatic carbocycles. The van der Waals surface area contributed by atoms with Crippen molar-refractivity contribution in [3.8, 4) is 22.8 Å². The van der Waals surface area contributed by atoms with Crippen LogP contribution in [-0.4, -0.2) is 42.2 Å². The van der Waals surface area contributed by atoms with Gasteiger partial charge in [-0.05, 0) is 55.7 Å². The molecule has 1 amide bonds. The van der Waals surface area contributed by atoms with Crippen molar-refractivity contribution in [1.29, 1.82) is 0 Å². The van der Waals surface area contributed by atoms with E-state index in [2.05, 4.69) is 5.32 Å². The number of carbonyl (C=O) groups excluding carboxylic acids is 1. The van der Waals surface area contributed by atoms with Crippen LogP contribution >= 0.6 is 0 Å². The van der Waals surface area contributed by atoms with E-state index in [0.29, 0.717) is 47.4 Å². The average Bonchev–Trinajstić information content (AvgIpc) is 3.17. The second-order valence-corrected chi connectivity index (χ2v) is 8.49. The van der Waals surface area contributed by atoms with Gasteiger partial charge in [0.15, 0.2) is 6.61 Å². The Hall–Kier alpha value is -4.11. The summed E-state index contributed by atoms with van der Waals surface area (Å²) in [6.45, 7) is 6.32. The van der Waals surface area contributed by atoms with Crippen molar-refractivity contribution < 1.29 is 23.4 Å². The number of benzene rings is 2. The van der Waals surface area contributed by atoms with Crippen molar-refractivity contribution in [3.63, 3.8) is 0 Å². The van der Waals surface area contributed by atoms with Crippen molar-refractivity contribution in [2.45, 2.75) is 20.8 Å². The van der Waals surface area contributed by atoms with Crippen molar-refractivity contribution in [1.82, 2.24) is 9.38 Å². The number of rotatable bonds is 10. The predicted molar refractivity (Wildman–Crippen MR) is 137 cm³/mol. The summed E-state index contributed by atoms with van der Waals surface area (Å²) in [6, 6.07) is 12.5. The lowest BCUT2D eigenvalue weighted by Crippen LogP contribution is -2.20. The van der Waals surface area contributed by atoms with Crippen LogP contribution in [-0.2, 0) is 9.53 Å². The first kappa shape index (κ1) is 25.0. The van der Waals surface area contributed by atoms with Gasteiger partial charge < -0.3 is 25.3 Å². The maximum absolute atomic E-state index is 14.3. The molecule has 4 aromatic rings. The third-order valence-electron chi connectivity index (χ3n) is 5.74. The summed E-state index contributed by atoms with van der Waals surface area (Å²) in [5.41, 5.74) is 10.8. The minimum Gasteiger partial charge on any atom is -0.491 e. The molecule has 2 aromatic heterocycles. The van der Waals surface area contributed by atoms with Gasteiger partial charge in [0.1, 0.15) is 41.1 Å². The molecule has 0 unspecified atom stereocenters. The highest BCUT2D eigenvalue weighted by molar-refractivity contribution is 5.86. The molecule has 0 bridgehead atoms. The lowest BCUT2D eigenvalue weighted by molar-refractivity contribution is -0.119. The highest BCUT2D eigenvalue weighted by Gasteiger charge is 2.23. The van der Waals surface area contributed by atoms with E-state index in [4.69, 9.17) is 24.9 Å². The molecule has 0 aliphatic heterocycles. The standard InChI is InChI=1S/C27H29FN4O4/c1-16-6-5-7-17(2)25(16)31-27-26(30-23-9-8-19(28)14-32(23)27)24-18(3)12-20(35-11-10-34-4)13-21(24)36-15-22(29)33/h5-9,12-14,31H,10-11,15H2,1-4H3,(H2,29,33). The molecule has 2 heterocycles. The molecule has 0 saturated carbocycles. The number of anilines is 2. The molecule has 3 N–H and O–H groups in total. The Kier molecular flexibility index (Phi) is 7.40. The van der Waals surface area contributed by atoms with Crippen LogP contribution in [0.4, 0.5) is 15.9 Å². The molecule has 8 nitrogen and oxygen atoms in total. The maximum atomic E-state index is 14.3. The van der Waals surface area contributed by atoms with E-state index in [-0.39, 0.29) is 6.61 Å². The van der Waals surface area contributed by atoms with Crippen LogP contribution in [0.5, 0.6) is 11.5 Å². The number of primary amides is 1. The van der Waals surface area contributed by atoms with Crippen LogP contribution in [0, 0.1) is 26.6 Å². The average molecular weight is 493 g/mol. The molecule has 0 spiro atoms. The molecule has 0 aliphatic carbocycles. The number of ether oxygens (including phenoxy) is 3. The second kappa shape index (κ2) is 10.7. The largest absolute Gasteiger partial charge is 0.491 e. The molecule has 0 radical (unpaired) electrons. The number of hydrogen-bond donors (Lipinski definition) is 2. The van der Waals surface area contributed by atoms with Crippen molar-refractivity contribution >= 4 is 23.1 Å². The minimum absolute atomic E-state index is 0.324.